The van der Waals surface area contributed by atoms with Gasteiger partial charge in [-0.1, -0.05) is 0 Å². The second-order valence-electron chi connectivity index (χ2n) is 3.17. The number of hydrogen-bond donors (Lipinski definition) is 0. The van der Waals surface area contributed by atoms with Gasteiger partial charge < -0.3 is 9.58 Å². The first-order valence-corrected chi connectivity index (χ1v) is 4.43. The van der Waals surface area contributed by atoms with Crippen LogP contribution in [0.15, 0.2) is 18.2 Å². The van der Waals surface area contributed by atoms with Crippen LogP contribution in [-0.4, -0.2) is 12.4 Å². The maximum Gasteiger partial charge on any atom is 0.239 e. The van der Waals surface area contributed by atoms with Crippen molar-refractivity contribution in [2.75, 3.05) is 6.61 Å². The molecule has 1 heterocycles. The molecule has 0 saturated heterocycles. The zero-order valence-corrected chi connectivity index (χ0v) is 7.62. The van der Waals surface area contributed by atoms with Crippen molar-refractivity contribution >= 4 is 5.78 Å². The van der Waals surface area contributed by atoms with Crippen molar-refractivity contribution in [1.29, 1.82) is 0 Å². The second-order valence-corrected chi connectivity index (χ2v) is 3.17. The SMILES string of the molecule is [C-]#[N+]Cc1ccc2c(c1)C(=O)CCO2. The van der Waals surface area contributed by atoms with E-state index in [1.165, 1.54) is 0 Å². The predicted octanol–water partition coefficient (Wildman–Crippen LogP) is 2.07. The van der Waals surface area contributed by atoms with Gasteiger partial charge in [-0.15, -0.1) is 0 Å². The van der Waals surface area contributed by atoms with Crippen LogP contribution in [0, 0.1) is 6.57 Å². The number of ketones is 1. The van der Waals surface area contributed by atoms with Crippen molar-refractivity contribution in [3.63, 3.8) is 0 Å². The summed E-state index contributed by atoms with van der Waals surface area (Å²) in [5, 5.41) is 0. The van der Waals surface area contributed by atoms with E-state index < -0.39 is 0 Å². The van der Waals surface area contributed by atoms with Crippen LogP contribution in [0.1, 0.15) is 22.3 Å². The van der Waals surface area contributed by atoms with Crippen molar-refractivity contribution in [3.05, 3.63) is 40.7 Å². The third kappa shape index (κ3) is 1.47. The van der Waals surface area contributed by atoms with Crippen LogP contribution in [0.2, 0.25) is 0 Å². The van der Waals surface area contributed by atoms with Crippen molar-refractivity contribution in [2.24, 2.45) is 0 Å². The molecular weight excluding hydrogens is 178 g/mol. The number of fused-ring (bicyclic) bond motifs is 1. The minimum atomic E-state index is 0.109. The highest BCUT2D eigenvalue weighted by molar-refractivity contribution is 5.99. The van der Waals surface area contributed by atoms with Gasteiger partial charge in [-0.3, -0.25) is 4.79 Å². The number of ether oxygens (including phenoxy) is 1. The van der Waals surface area contributed by atoms with Crippen molar-refractivity contribution < 1.29 is 9.53 Å². The van der Waals surface area contributed by atoms with Gasteiger partial charge in [0.15, 0.2) is 5.78 Å². The average molecular weight is 187 g/mol. The number of carbonyl (C=O) groups is 1. The molecular formula is C11H9NO2. The van der Waals surface area contributed by atoms with E-state index in [-0.39, 0.29) is 5.78 Å². The molecule has 1 aromatic rings. The van der Waals surface area contributed by atoms with Gasteiger partial charge in [-0.25, -0.2) is 6.57 Å². The quantitative estimate of drug-likeness (QED) is 0.630. The topological polar surface area (TPSA) is 30.7 Å². The monoisotopic (exact) mass is 187 g/mol. The zero-order valence-electron chi connectivity index (χ0n) is 7.62. The Hall–Kier alpha value is -1.82. The molecule has 0 aromatic heterocycles. The molecule has 3 heteroatoms. The van der Waals surface area contributed by atoms with Gasteiger partial charge in [0, 0.05) is 12.0 Å². The van der Waals surface area contributed by atoms with Gasteiger partial charge in [0.05, 0.1) is 12.2 Å². The maximum atomic E-state index is 11.5. The number of carbonyl (C=O) groups excluding carboxylic acids is 1. The van der Waals surface area contributed by atoms with Crippen LogP contribution >= 0.6 is 0 Å². The summed E-state index contributed by atoms with van der Waals surface area (Å²) < 4.78 is 5.33. The van der Waals surface area contributed by atoms with E-state index in [1.54, 1.807) is 12.1 Å². The minimum absolute atomic E-state index is 0.109. The van der Waals surface area contributed by atoms with Gasteiger partial charge in [0.25, 0.3) is 0 Å². The molecule has 0 bridgehead atoms. The Balaban J connectivity index is 2.42. The molecule has 1 aromatic carbocycles. The molecule has 0 N–H and O–H groups in total. The molecule has 0 atom stereocenters. The van der Waals surface area contributed by atoms with Crippen molar-refractivity contribution in [3.8, 4) is 5.75 Å². The van der Waals surface area contributed by atoms with Crippen LogP contribution in [0.5, 0.6) is 5.75 Å². The van der Waals surface area contributed by atoms with E-state index in [2.05, 4.69) is 4.85 Å². The van der Waals surface area contributed by atoms with Crippen molar-refractivity contribution in [1.82, 2.24) is 0 Å². The number of benzene rings is 1. The normalized spacial score (nSPS) is 14.1. The zero-order chi connectivity index (χ0) is 9.97. The molecule has 0 radical (unpaired) electrons. The summed E-state index contributed by atoms with van der Waals surface area (Å²) in [4.78, 5) is 14.8. The third-order valence-electron chi connectivity index (χ3n) is 2.19. The van der Waals surface area contributed by atoms with E-state index in [4.69, 9.17) is 11.3 Å². The van der Waals surface area contributed by atoms with E-state index in [9.17, 15) is 4.79 Å². The molecule has 3 nitrogen and oxygen atoms in total. The number of hydrogen-bond acceptors (Lipinski definition) is 2. The Labute approximate surface area is 82.1 Å². The number of Topliss-reactive ketones (excluding diaryl/α,β-unsaturated/α-hetero) is 1. The Morgan fingerprint density at radius 1 is 1.50 bits per heavy atom. The first kappa shape index (κ1) is 8.76. The van der Waals surface area contributed by atoms with Gasteiger partial charge in [-0.2, -0.15) is 0 Å². The standard InChI is InChI=1S/C11H9NO2/c1-12-7-8-2-3-11-9(6-8)10(13)4-5-14-11/h2-3,6H,4-5,7H2. The van der Waals surface area contributed by atoms with Crippen LogP contribution in [0.3, 0.4) is 0 Å². The van der Waals surface area contributed by atoms with Gasteiger partial charge in [0.2, 0.25) is 6.54 Å². The summed E-state index contributed by atoms with van der Waals surface area (Å²) in [7, 11) is 0. The summed E-state index contributed by atoms with van der Waals surface area (Å²) in [6, 6.07) is 5.36. The number of rotatable bonds is 1. The molecule has 0 unspecified atom stereocenters. The van der Waals surface area contributed by atoms with Gasteiger partial charge in [-0.05, 0) is 18.2 Å². The highest BCUT2D eigenvalue weighted by Crippen LogP contribution is 2.25. The molecule has 1 aliphatic rings. The smallest absolute Gasteiger partial charge is 0.239 e. The molecule has 0 saturated carbocycles. The third-order valence-corrected chi connectivity index (χ3v) is 2.19. The second kappa shape index (κ2) is 3.51. The van der Waals surface area contributed by atoms with Gasteiger partial charge in [0.1, 0.15) is 5.75 Å². The predicted molar refractivity (Wildman–Crippen MR) is 51.2 cm³/mol. The Bertz CT molecular complexity index is 418. The van der Waals surface area contributed by atoms with Crippen molar-refractivity contribution in [2.45, 2.75) is 13.0 Å². The molecule has 0 spiro atoms. The summed E-state index contributed by atoms with van der Waals surface area (Å²) in [5.41, 5.74) is 1.50. The Morgan fingerprint density at radius 3 is 3.14 bits per heavy atom. The lowest BCUT2D eigenvalue weighted by Crippen LogP contribution is -2.15. The fourth-order valence-corrected chi connectivity index (χ4v) is 1.50. The molecule has 14 heavy (non-hydrogen) atoms. The van der Waals surface area contributed by atoms with E-state index >= 15 is 0 Å². The highest BCUT2D eigenvalue weighted by Gasteiger charge is 2.18. The first-order chi connectivity index (χ1) is 6.81. The van der Waals surface area contributed by atoms with Crippen LogP contribution < -0.4 is 4.74 Å². The molecule has 2 rings (SSSR count). The minimum Gasteiger partial charge on any atom is -0.492 e. The molecule has 1 aliphatic heterocycles. The van der Waals surface area contributed by atoms with Crippen LogP contribution in [-0.2, 0) is 6.54 Å². The summed E-state index contributed by atoms with van der Waals surface area (Å²) in [5.74, 6) is 0.757. The fourth-order valence-electron chi connectivity index (χ4n) is 1.50. The lowest BCUT2D eigenvalue weighted by atomic mass is 10.0. The van der Waals surface area contributed by atoms with Gasteiger partial charge >= 0.3 is 0 Å². The lowest BCUT2D eigenvalue weighted by Gasteiger charge is -2.15. The molecule has 0 amide bonds. The Morgan fingerprint density at radius 2 is 2.36 bits per heavy atom. The average Bonchev–Trinajstić information content (AvgIpc) is 2.20. The maximum absolute atomic E-state index is 11.5. The number of nitrogens with zero attached hydrogens (tertiary/aromatic N) is 1. The molecule has 70 valence electrons. The molecule has 0 fully saturated rings. The van der Waals surface area contributed by atoms with E-state index in [1.807, 2.05) is 6.07 Å². The molecule has 0 aliphatic carbocycles. The van der Waals surface area contributed by atoms with E-state index in [0.29, 0.717) is 30.9 Å². The summed E-state index contributed by atoms with van der Waals surface area (Å²) in [6.07, 6.45) is 0.439. The Kier molecular flexibility index (Phi) is 2.19. The van der Waals surface area contributed by atoms with Crippen LogP contribution in [0.4, 0.5) is 0 Å². The lowest BCUT2D eigenvalue weighted by molar-refractivity contribution is 0.0933. The van der Waals surface area contributed by atoms with E-state index in [0.717, 1.165) is 5.56 Å². The highest BCUT2D eigenvalue weighted by atomic mass is 16.5. The largest absolute Gasteiger partial charge is 0.492 e. The fraction of sp³-hybridized carbons (Fsp3) is 0.273. The summed E-state index contributed by atoms with van der Waals surface area (Å²) >= 11 is 0. The van der Waals surface area contributed by atoms with Crippen LogP contribution in [0.25, 0.3) is 4.85 Å². The summed E-state index contributed by atoms with van der Waals surface area (Å²) in [6.45, 7) is 7.53. The first-order valence-electron chi connectivity index (χ1n) is 4.43.